The van der Waals surface area contributed by atoms with E-state index >= 15 is 0 Å². The number of amides is 2. The first kappa shape index (κ1) is 21.9. The van der Waals surface area contributed by atoms with E-state index < -0.39 is 0 Å². The minimum atomic E-state index is -0.272. The second-order valence-electron chi connectivity index (χ2n) is 8.08. The van der Waals surface area contributed by atoms with Crippen LogP contribution in [0.1, 0.15) is 27.4 Å². The number of rotatable bonds is 6. The molecule has 2 aliphatic rings. The number of nitrogens with one attached hydrogen (secondary N) is 1. The number of carbonyl (C=O) groups is 2. The highest BCUT2D eigenvalue weighted by Gasteiger charge is 2.39. The first-order valence-electron chi connectivity index (χ1n) is 10.5. The zero-order valence-corrected chi connectivity index (χ0v) is 18.7. The second-order valence-corrected chi connectivity index (χ2v) is 8.94. The number of thioether (sulfide) groups is 1. The molecule has 31 heavy (non-hydrogen) atoms. The molecule has 4 rings (SSSR count). The fourth-order valence-corrected chi connectivity index (χ4v) is 4.40. The Morgan fingerprint density at radius 3 is 2.55 bits per heavy atom. The topological polar surface area (TPSA) is 81.0 Å². The molecule has 166 valence electrons. The molecule has 0 saturated carbocycles. The van der Waals surface area contributed by atoms with Crippen molar-refractivity contribution in [2.24, 2.45) is 0 Å². The van der Waals surface area contributed by atoms with Crippen LogP contribution in [-0.2, 0) is 26.4 Å². The standard InChI is InChI=1S/C23H28N2O5S/c1-15-4-3-5-16(8-15)9-22(26)25-10-20-21(11-25)29-13-17(12-28-20)24-23(27)19-7-6-18(30-19)14-31-2/h3-8,17,20-21H,9-14H2,1-2H3,(H,24,27)/t20-,21-/m0/s1. The number of likely N-dealkylation sites (tertiary alicyclic amines) is 1. The molecule has 0 unspecified atom stereocenters. The lowest BCUT2D eigenvalue weighted by molar-refractivity contribution is -0.130. The van der Waals surface area contributed by atoms with Crippen LogP contribution in [0, 0.1) is 6.92 Å². The normalized spacial score (nSPS) is 21.5. The van der Waals surface area contributed by atoms with Gasteiger partial charge in [0.2, 0.25) is 5.91 Å². The minimum absolute atomic E-state index is 0.0783. The summed E-state index contributed by atoms with van der Waals surface area (Å²) in [5, 5.41) is 2.92. The number of carbonyl (C=O) groups excluding carboxylic acids is 2. The van der Waals surface area contributed by atoms with Crippen LogP contribution in [0.3, 0.4) is 0 Å². The average molecular weight is 445 g/mol. The third kappa shape index (κ3) is 5.50. The van der Waals surface area contributed by atoms with Gasteiger partial charge in [-0.3, -0.25) is 9.59 Å². The third-order valence-electron chi connectivity index (χ3n) is 5.54. The number of aryl methyl sites for hydroxylation is 1. The molecule has 2 atom stereocenters. The second kappa shape index (κ2) is 9.89. The van der Waals surface area contributed by atoms with Crippen LogP contribution in [0.5, 0.6) is 0 Å². The van der Waals surface area contributed by atoms with Crippen molar-refractivity contribution in [2.45, 2.75) is 37.3 Å². The van der Waals surface area contributed by atoms with Crippen LogP contribution < -0.4 is 5.32 Å². The summed E-state index contributed by atoms with van der Waals surface area (Å²) >= 11 is 1.64. The lowest BCUT2D eigenvalue weighted by atomic mass is 10.1. The quantitative estimate of drug-likeness (QED) is 0.737. The van der Waals surface area contributed by atoms with Crippen LogP contribution >= 0.6 is 11.8 Å². The molecule has 1 aromatic heterocycles. The monoisotopic (exact) mass is 444 g/mol. The van der Waals surface area contributed by atoms with E-state index in [4.69, 9.17) is 13.9 Å². The van der Waals surface area contributed by atoms with Crippen LogP contribution in [-0.4, -0.2) is 67.5 Å². The van der Waals surface area contributed by atoms with E-state index in [1.807, 2.05) is 48.4 Å². The van der Waals surface area contributed by atoms with Crippen molar-refractivity contribution in [2.75, 3.05) is 32.6 Å². The molecule has 3 heterocycles. The van der Waals surface area contributed by atoms with Crippen molar-refractivity contribution in [3.05, 3.63) is 59.0 Å². The Morgan fingerprint density at radius 2 is 1.87 bits per heavy atom. The molecule has 0 aliphatic carbocycles. The lowest BCUT2D eigenvalue weighted by Gasteiger charge is -2.19. The Hall–Kier alpha value is -2.29. The van der Waals surface area contributed by atoms with Gasteiger partial charge >= 0.3 is 0 Å². The summed E-state index contributed by atoms with van der Waals surface area (Å²) in [6, 6.07) is 11.2. The van der Waals surface area contributed by atoms with Gasteiger partial charge in [0.1, 0.15) is 18.0 Å². The smallest absolute Gasteiger partial charge is 0.287 e. The number of hydrogen-bond acceptors (Lipinski definition) is 6. The molecule has 2 amide bonds. The van der Waals surface area contributed by atoms with Crippen LogP contribution in [0.4, 0.5) is 0 Å². The van der Waals surface area contributed by atoms with E-state index in [9.17, 15) is 9.59 Å². The summed E-state index contributed by atoms with van der Waals surface area (Å²) in [5.41, 5.74) is 2.16. The molecular weight excluding hydrogens is 416 g/mol. The zero-order valence-electron chi connectivity index (χ0n) is 17.8. The van der Waals surface area contributed by atoms with Gasteiger partial charge in [-0.1, -0.05) is 29.8 Å². The molecule has 7 nitrogen and oxygen atoms in total. The van der Waals surface area contributed by atoms with Gasteiger partial charge in [0, 0.05) is 13.1 Å². The van der Waals surface area contributed by atoms with E-state index in [0.717, 1.165) is 22.6 Å². The summed E-state index contributed by atoms with van der Waals surface area (Å²) in [5.74, 6) is 1.60. The van der Waals surface area contributed by atoms with Crippen molar-refractivity contribution in [1.29, 1.82) is 0 Å². The predicted octanol–water partition coefficient (Wildman–Crippen LogP) is 2.42. The Bertz CT molecular complexity index is 914. The van der Waals surface area contributed by atoms with Gasteiger partial charge in [0.25, 0.3) is 5.91 Å². The molecule has 2 aliphatic heterocycles. The highest BCUT2D eigenvalue weighted by atomic mass is 32.2. The van der Waals surface area contributed by atoms with Gasteiger partial charge in [-0.25, -0.2) is 0 Å². The molecule has 2 fully saturated rings. The molecule has 1 aromatic carbocycles. The predicted molar refractivity (Wildman–Crippen MR) is 118 cm³/mol. The van der Waals surface area contributed by atoms with Crippen molar-refractivity contribution in [1.82, 2.24) is 10.2 Å². The fraction of sp³-hybridized carbons (Fsp3) is 0.478. The molecule has 8 heteroatoms. The van der Waals surface area contributed by atoms with Crippen molar-refractivity contribution in [3.63, 3.8) is 0 Å². The van der Waals surface area contributed by atoms with Gasteiger partial charge in [0.15, 0.2) is 5.76 Å². The summed E-state index contributed by atoms with van der Waals surface area (Å²) in [6.07, 6.45) is 2.00. The number of nitrogens with zero attached hydrogens (tertiary/aromatic N) is 1. The van der Waals surface area contributed by atoms with Crippen molar-refractivity contribution in [3.8, 4) is 0 Å². The van der Waals surface area contributed by atoms with E-state index in [0.29, 0.717) is 38.5 Å². The largest absolute Gasteiger partial charge is 0.455 e. The fourth-order valence-electron chi connectivity index (χ4n) is 3.96. The van der Waals surface area contributed by atoms with Crippen LogP contribution in [0.15, 0.2) is 40.8 Å². The zero-order chi connectivity index (χ0) is 21.8. The van der Waals surface area contributed by atoms with Gasteiger partial charge in [-0.15, -0.1) is 0 Å². The highest BCUT2D eigenvalue weighted by molar-refractivity contribution is 7.97. The van der Waals surface area contributed by atoms with Gasteiger partial charge in [-0.05, 0) is 30.9 Å². The number of furan rings is 1. The maximum absolute atomic E-state index is 12.7. The minimum Gasteiger partial charge on any atom is -0.455 e. The van der Waals surface area contributed by atoms with Gasteiger partial charge < -0.3 is 24.1 Å². The van der Waals surface area contributed by atoms with E-state index in [2.05, 4.69) is 5.32 Å². The maximum Gasteiger partial charge on any atom is 0.287 e. The first-order chi connectivity index (χ1) is 15.0. The van der Waals surface area contributed by atoms with E-state index in [-0.39, 0.29) is 30.1 Å². The maximum atomic E-state index is 12.7. The van der Waals surface area contributed by atoms with Gasteiger partial charge in [0.05, 0.1) is 31.4 Å². The molecule has 2 saturated heterocycles. The SMILES string of the molecule is CSCc1ccc(C(=O)NC2CO[C@H]3CN(C(=O)Cc4cccc(C)c4)C[C@@H]3OC2)o1. The number of ether oxygens (including phenoxy) is 2. The summed E-state index contributed by atoms with van der Waals surface area (Å²) in [4.78, 5) is 27.0. The molecule has 0 bridgehead atoms. The average Bonchev–Trinajstić information content (AvgIpc) is 3.33. The Morgan fingerprint density at radius 1 is 1.13 bits per heavy atom. The summed E-state index contributed by atoms with van der Waals surface area (Å²) < 4.78 is 17.6. The molecule has 0 spiro atoms. The van der Waals surface area contributed by atoms with Crippen molar-refractivity contribution >= 4 is 23.6 Å². The number of fused-ring (bicyclic) bond motifs is 1. The Balaban J connectivity index is 1.27. The lowest BCUT2D eigenvalue weighted by Crippen LogP contribution is -2.41. The van der Waals surface area contributed by atoms with E-state index in [1.165, 1.54) is 0 Å². The number of benzene rings is 1. The molecule has 1 N–H and O–H groups in total. The summed E-state index contributed by atoms with van der Waals surface area (Å²) in [7, 11) is 0. The molecular formula is C23H28N2O5S. The van der Waals surface area contributed by atoms with Crippen LogP contribution in [0.25, 0.3) is 0 Å². The molecule has 0 radical (unpaired) electrons. The summed E-state index contributed by atoms with van der Waals surface area (Å²) in [6.45, 7) is 3.71. The third-order valence-corrected chi connectivity index (χ3v) is 6.11. The van der Waals surface area contributed by atoms with Crippen molar-refractivity contribution < 1.29 is 23.5 Å². The van der Waals surface area contributed by atoms with Crippen LogP contribution in [0.2, 0.25) is 0 Å². The van der Waals surface area contributed by atoms with E-state index in [1.54, 1.807) is 17.8 Å². The first-order valence-corrected chi connectivity index (χ1v) is 11.9. The van der Waals surface area contributed by atoms with Gasteiger partial charge in [-0.2, -0.15) is 11.8 Å². The number of hydrogen-bond donors (Lipinski definition) is 1. The Labute approximate surface area is 186 Å². The highest BCUT2D eigenvalue weighted by Crippen LogP contribution is 2.22. The molecule has 2 aromatic rings. The Kier molecular flexibility index (Phi) is 6.99.